The van der Waals surface area contributed by atoms with Gasteiger partial charge in [-0.25, -0.2) is 4.98 Å². The first-order chi connectivity index (χ1) is 7.99. The number of nitrogens with two attached hydrogens (primary N) is 2. The summed E-state index contributed by atoms with van der Waals surface area (Å²) in [4.78, 5) is 15.7. The number of nitrogens with zero attached hydrogens (tertiary/aromatic N) is 1. The number of carbonyl (C=O) groups excluding carboxylic acids is 1. The Morgan fingerprint density at radius 2 is 2.18 bits per heavy atom. The third kappa shape index (κ3) is 3.17. The van der Waals surface area contributed by atoms with Gasteiger partial charge in [0.1, 0.15) is 5.82 Å². The highest BCUT2D eigenvalue weighted by Crippen LogP contribution is 2.19. The van der Waals surface area contributed by atoms with Gasteiger partial charge in [-0.2, -0.15) is 0 Å². The molecule has 0 saturated heterocycles. The minimum absolute atomic E-state index is 0.0989. The van der Waals surface area contributed by atoms with Crippen LogP contribution in [0.15, 0.2) is 6.07 Å². The van der Waals surface area contributed by atoms with E-state index in [2.05, 4.69) is 10.3 Å². The zero-order valence-electron chi connectivity index (χ0n) is 10.6. The normalized spacial score (nSPS) is 12.2. The van der Waals surface area contributed by atoms with Crippen molar-refractivity contribution in [3.63, 3.8) is 0 Å². The third-order valence-electron chi connectivity index (χ3n) is 2.71. The molecule has 1 unspecified atom stereocenters. The van der Waals surface area contributed by atoms with Crippen LogP contribution in [0.2, 0.25) is 0 Å². The number of hydrogen-bond donors (Lipinski definition) is 3. The molecular formula is C12H20N4O. The van der Waals surface area contributed by atoms with Gasteiger partial charge >= 0.3 is 0 Å². The van der Waals surface area contributed by atoms with E-state index in [9.17, 15) is 4.79 Å². The number of primary amides is 1. The number of pyridine rings is 1. The maximum absolute atomic E-state index is 11.4. The van der Waals surface area contributed by atoms with Crippen LogP contribution in [0.25, 0.3) is 0 Å². The molecule has 1 rings (SSSR count). The maximum Gasteiger partial charge on any atom is 0.252 e. The standard InChI is InChI=1S/C12H20N4O/c1-4-9(6-13)16-12-10(11(14)17)7(2)5-8(3)15-12/h5,9H,4,6,13H2,1-3H3,(H2,14,17)(H,15,16). The molecule has 0 aliphatic carbocycles. The minimum Gasteiger partial charge on any atom is -0.365 e. The van der Waals surface area contributed by atoms with Crippen LogP contribution in [-0.4, -0.2) is 23.5 Å². The highest BCUT2D eigenvalue weighted by Gasteiger charge is 2.16. The van der Waals surface area contributed by atoms with Crippen molar-refractivity contribution < 1.29 is 4.79 Å². The monoisotopic (exact) mass is 236 g/mol. The van der Waals surface area contributed by atoms with Crippen molar-refractivity contribution in [2.24, 2.45) is 11.5 Å². The number of amides is 1. The van der Waals surface area contributed by atoms with E-state index >= 15 is 0 Å². The molecule has 0 spiro atoms. The van der Waals surface area contributed by atoms with Crippen LogP contribution in [-0.2, 0) is 0 Å². The Balaban J connectivity index is 3.16. The zero-order valence-corrected chi connectivity index (χ0v) is 10.6. The lowest BCUT2D eigenvalue weighted by atomic mass is 10.1. The Hall–Kier alpha value is -1.62. The van der Waals surface area contributed by atoms with Crippen molar-refractivity contribution in [3.8, 4) is 0 Å². The Morgan fingerprint density at radius 1 is 1.53 bits per heavy atom. The van der Waals surface area contributed by atoms with Crippen LogP contribution in [0, 0.1) is 13.8 Å². The van der Waals surface area contributed by atoms with Gasteiger partial charge in [-0.1, -0.05) is 6.92 Å². The van der Waals surface area contributed by atoms with Crippen LogP contribution in [0.3, 0.4) is 0 Å². The molecule has 5 heteroatoms. The predicted molar refractivity (Wildman–Crippen MR) is 69.0 cm³/mol. The van der Waals surface area contributed by atoms with E-state index in [0.717, 1.165) is 17.7 Å². The van der Waals surface area contributed by atoms with E-state index in [-0.39, 0.29) is 6.04 Å². The summed E-state index contributed by atoms with van der Waals surface area (Å²) in [7, 11) is 0. The summed E-state index contributed by atoms with van der Waals surface area (Å²) in [5.41, 5.74) is 13.1. The Morgan fingerprint density at radius 3 is 2.65 bits per heavy atom. The van der Waals surface area contributed by atoms with Gasteiger partial charge in [-0.3, -0.25) is 4.79 Å². The molecule has 1 amide bonds. The highest BCUT2D eigenvalue weighted by molar-refractivity contribution is 5.99. The van der Waals surface area contributed by atoms with E-state index < -0.39 is 5.91 Å². The van der Waals surface area contributed by atoms with Gasteiger partial charge in [-0.15, -0.1) is 0 Å². The molecule has 1 atom stereocenters. The summed E-state index contributed by atoms with van der Waals surface area (Å²) in [5.74, 6) is 0.0664. The molecule has 0 radical (unpaired) electrons. The fraction of sp³-hybridized carbons (Fsp3) is 0.500. The molecule has 17 heavy (non-hydrogen) atoms. The Bertz CT molecular complexity index is 413. The van der Waals surface area contributed by atoms with Crippen molar-refractivity contribution in [1.29, 1.82) is 0 Å². The van der Waals surface area contributed by atoms with E-state index in [1.165, 1.54) is 0 Å². The SMILES string of the molecule is CCC(CN)Nc1nc(C)cc(C)c1C(N)=O. The fourth-order valence-corrected chi connectivity index (χ4v) is 1.77. The number of rotatable bonds is 5. The minimum atomic E-state index is -0.468. The molecule has 1 aromatic heterocycles. The Labute approximate surface area is 102 Å². The molecule has 0 aliphatic heterocycles. The predicted octanol–water partition coefficient (Wildman–Crippen LogP) is 0.947. The lowest BCUT2D eigenvalue weighted by molar-refractivity contribution is 0.1000. The lowest BCUT2D eigenvalue weighted by Crippen LogP contribution is -2.30. The van der Waals surface area contributed by atoms with Crippen LogP contribution in [0.5, 0.6) is 0 Å². The fourth-order valence-electron chi connectivity index (χ4n) is 1.77. The first-order valence-corrected chi connectivity index (χ1v) is 5.74. The topological polar surface area (TPSA) is 94.0 Å². The molecule has 5 N–H and O–H groups in total. The van der Waals surface area contributed by atoms with Gasteiger partial charge in [0, 0.05) is 18.3 Å². The van der Waals surface area contributed by atoms with Gasteiger partial charge in [0.05, 0.1) is 5.56 Å². The molecule has 5 nitrogen and oxygen atoms in total. The van der Waals surface area contributed by atoms with Crippen molar-refractivity contribution in [2.45, 2.75) is 33.2 Å². The van der Waals surface area contributed by atoms with Crippen LogP contribution < -0.4 is 16.8 Å². The van der Waals surface area contributed by atoms with E-state index in [4.69, 9.17) is 11.5 Å². The molecule has 0 fully saturated rings. The smallest absolute Gasteiger partial charge is 0.252 e. The summed E-state index contributed by atoms with van der Waals surface area (Å²) < 4.78 is 0. The molecule has 0 aliphatic rings. The Kier molecular flexibility index (Phi) is 4.45. The largest absolute Gasteiger partial charge is 0.365 e. The molecule has 0 bridgehead atoms. The first kappa shape index (κ1) is 13.4. The second-order valence-corrected chi connectivity index (χ2v) is 4.15. The van der Waals surface area contributed by atoms with Gasteiger partial charge in [0.25, 0.3) is 5.91 Å². The van der Waals surface area contributed by atoms with Crippen LogP contribution >= 0.6 is 0 Å². The highest BCUT2D eigenvalue weighted by atomic mass is 16.1. The van der Waals surface area contributed by atoms with E-state index in [1.54, 1.807) is 0 Å². The maximum atomic E-state index is 11.4. The average molecular weight is 236 g/mol. The number of aromatic nitrogens is 1. The first-order valence-electron chi connectivity index (χ1n) is 5.74. The summed E-state index contributed by atoms with van der Waals surface area (Å²) in [6.07, 6.45) is 0.864. The molecule has 1 heterocycles. The number of anilines is 1. The molecule has 1 aromatic rings. The van der Waals surface area contributed by atoms with Crippen molar-refractivity contribution in [3.05, 3.63) is 22.9 Å². The second kappa shape index (κ2) is 5.63. The average Bonchev–Trinajstić information content (AvgIpc) is 2.24. The molecule has 0 saturated carbocycles. The quantitative estimate of drug-likeness (QED) is 0.709. The summed E-state index contributed by atoms with van der Waals surface area (Å²) in [6, 6.07) is 1.94. The van der Waals surface area contributed by atoms with Crippen molar-refractivity contribution in [2.75, 3.05) is 11.9 Å². The number of nitrogens with one attached hydrogen (secondary N) is 1. The number of hydrogen-bond acceptors (Lipinski definition) is 4. The van der Waals surface area contributed by atoms with Gasteiger partial charge < -0.3 is 16.8 Å². The van der Waals surface area contributed by atoms with Crippen LogP contribution in [0.4, 0.5) is 5.82 Å². The third-order valence-corrected chi connectivity index (χ3v) is 2.71. The van der Waals surface area contributed by atoms with Gasteiger partial charge in [-0.05, 0) is 31.9 Å². The molecule has 0 aromatic carbocycles. The summed E-state index contributed by atoms with van der Waals surface area (Å²) in [6.45, 7) is 6.25. The van der Waals surface area contributed by atoms with E-state index in [0.29, 0.717) is 17.9 Å². The lowest BCUT2D eigenvalue weighted by Gasteiger charge is -2.18. The molecular weight excluding hydrogens is 216 g/mol. The van der Waals surface area contributed by atoms with Crippen LogP contribution in [0.1, 0.15) is 35.0 Å². The number of carbonyl (C=O) groups is 1. The number of aryl methyl sites for hydroxylation is 2. The summed E-state index contributed by atoms with van der Waals surface area (Å²) in [5, 5.41) is 3.17. The molecule has 94 valence electrons. The van der Waals surface area contributed by atoms with Crippen molar-refractivity contribution >= 4 is 11.7 Å². The van der Waals surface area contributed by atoms with E-state index in [1.807, 2.05) is 26.8 Å². The zero-order chi connectivity index (χ0) is 13.0. The van der Waals surface area contributed by atoms with Gasteiger partial charge in [0.2, 0.25) is 0 Å². The second-order valence-electron chi connectivity index (χ2n) is 4.15. The summed E-state index contributed by atoms with van der Waals surface area (Å²) >= 11 is 0. The van der Waals surface area contributed by atoms with Crippen molar-refractivity contribution in [1.82, 2.24) is 4.98 Å². The van der Waals surface area contributed by atoms with Gasteiger partial charge in [0.15, 0.2) is 0 Å².